The summed E-state index contributed by atoms with van der Waals surface area (Å²) < 4.78 is 14.8. The van der Waals surface area contributed by atoms with E-state index in [9.17, 15) is 4.79 Å². The Morgan fingerprint density at radius 3 is 1.26 bits per heavy atom. The van der Waals surface area contributed by atoms with Crippen molar-refractivity contribution in [1.82, 2.24) is 63.1 Å². The van der Waals surface area contributed by atoms with Crippen molar-refractivity contribution in [1.29, 1.82) is 0 Å². The molecule has 0 radical (unpaired) electrons. The van der Waals surface area contributed by atoms with Gasteiger partial charge in [0.05, 0.1) is 74.1 Å². The van der Waals surface area contributed by atoms with Gasteiger partial charge in [0.1, 0.15) is 34.5 Å². The number of nitrogen functional groups attached to an aromatic ring is 4. The maximum atomic E-state index is 12.2. The number of benzene rings is 7. The number of hydrogen-bond donors (Lipinski definition) is 5. The molecule has 9 N–H and O–H groups in total. The second-order valence-corrected chi connectivity index (χ2v) is 35.9. The summed E-state index contributed by atoms with van der Waals surface area (Å²) in [5.41, 5.74) is 41.3. The summed E-state index contributed by atoms with van der Waals surface area (Å²) in [6, 6.07) is 62.0. The number of nitrogens with one attached hydrogen (secondary N) is 1. The lowest BCUT2D eigenvalue weighted by molar-refractivity contribution is -0.117. The molecule has 0 spiro atoms. The highest BCUT2D eigenvalue weighted by atomic mass is 32.2. The van der Waals surface area contributed by atoms with Crippen molar-refractivity contribution in [2.24, 2.45) is 29.6 Å². The van der Waals surface area contributed by atoms with Gasteiger partial charge in [0.25, 0.3) is 0 Å². The minimum atomic E-state index is 0. The zero-order valence-corrected chi connectivity index (χ0v) is 77.2. The number of para-hydroxylation sites is 5. The van der Waals surface area contributed by atoms with Crippen molar-refractivity contribution in [3.63, 3.8) is 0 Å². The molecule has 0 aliphatic carbocycles. The lowest BCUT2D eigenvalue weighted by Gasteiger charge is -2.25. The number of fused-ring (bicyclic) bond motifs is 15. The number of rotatable bonds is 29. The molecular weight excluding hydrogens is 1620 g/mol. The summed E-state index contributed by atoms with van der Waals surface area (Å²) in [6.45, 7) is 43.2. The normalized spacial score (nSPS) is 11.7. The van der Waals surface area contributed by atoms with Crippen LogP contribution in [0.1, 0.15) is 155 Å². The van der Waals surface area contributed by atoms with E-state index >= 15 is 0 Å². The molecule has 1 aliphatic rings. The molecule has 16 aromatic rings. The smallest absolute Gasteiger partial charge is 0.231 e. The molecule has 129 heavy (non-hydrogen) atoms. The lowest BCUT2D eigenvalue weighted by atomic mass is 10.1. The summed E-state index contributed by atoms with van der Waals surface area (Å²) in [5, 5.41) is 10.1. The molecule has 24 nitrogen and oxygen atoms in total. The lowest BCUT2D eigenvalue weighted by Crippen LogP contribution is -2.30. The fourth-order valence-corrected chi connectivity index (χ4v) is 17.2. The summed E-state index contributed by atoms with van der Waals surface area (Å²) in [6.07, 6.45) is 3.62. The number of nitrogens with zero attached hydrogens (tertiary/aromatic N) is 17. The van der Waals surface area contributed by atoms with Crippen LogP contribution in [0.2, 0.25) is 0 Å². The predicted octanol–water partition coefficient (Wildman–Crippen LogP) is 23.3. The fourth-order valence-electron chi connectivity index (χ4n) is 16.4. The van der Waals surface area contributed by atoms with Crippen molar-refractivity contribution < 1.29 is 9.53 Å². The number of anilines is 9. The van der Waals surface area contributed by atoms with Gasteiger partial charge >= 0.3 is 0 Å². The number of thioether (sulfide) groups is 1. The molecule has 1 amide bonds. The second-order valence-electron chi connectivity index (χ2n) is 34.9. The molecule has 0 saturated heterocycles. The minimum absolute atomic E-state index is 0. The van der Waals surface area contributed by atoms with Gasteiger partial charge in [-0.1, -0.05) is 282 Å². The summed E-state index contributed by atoms with van der Waals surface area (Å²) in [5.74, 6) is 10.0. The molecule has 0 fully saturated rings. The quantitative estimate of drug-likeness (QED) is 0.0215. The van der Waals surface area contributed by atoms with Crippen LogP contribution in [0.25, 0.3) is 98.6 Å². The van der Waals surface area contributed by atoms with Crippen LogP contribution < -0.4 is 47.9 Å². The van der Waals surface area contributed by atoms with Gasteiger partial charge in [0.15, 0.2) is 28.4 Å². The summed E-state index contributed by atoms with van der Waals surface area (Å²) >= 11 is 1.80. The van der Waals surface area contributed by atoms with Gasteiger partial charge in [-0.3, -0.25) is 4.79 Å². The highest BCUT2D eigenvalue weighted by Crippen LogP contribution is 2.42. The van der Waals surface area contributed by atoms with Crippen LogP contribution in [0.4, 0.5) is 52.6 Å². The van der Waals surface area contributed by atoms with Gasteiger partial charge in [-0.25, -0.2) is 44.9 Å². The number of ether oxygens (including phenoxy) is 1. The van der Waals surface area contributed by atoms with Crippen molar-refractivity contribution in [2.45, 2.75) is 189 Å². The van der Waals surface area contributed by atoms with Crippen LogP contribution in [-0.4, -0.2) is 122 Å². The third kappa shape index (κ3) is 22.7. The number of amides is 1. The van der Waals surface area contributed by atoms with E-state index in [4.69, 9.17) is 52.6 Å². The second kappa shape index (κ2) is 44.8. The number of imidazole rings is 4. The number of carbonyl (C=O) groups is 1. The largest absolute Gasteiger partial charge is 0.497 e. The topological polar surface area (TPSA) is 291 Å². The number of nitrogens with two attached hydrogens (primary N) is 4. The van der Waals surface area contributed by atoms with Crippen molar-refractivity contribution in [3.8, 4) is 0 Å². The fraction of sp³-hybridized carbons (Fsp3) is 0.385. The van der Waals surface area contributed by atoms with Gasteiger partial charge in [-0.2, -0.15) is 0 Å². The first-order valence-electron chi connectivity index (χ1n) is 44.5. The van der Waals surface area contributed by atoms with E-state index < -0.39 is 0 Å². The SMILES string of the molecule is C.C.C.C=C(C)OCCN(C)c1nc2c(N)nc3ccccc3c2n1CC(C)C.CC(C)CN1C(=O)Cc2c(N)nc3ccccc3c21.CCCN(C)c1nc2c(N)nc3ccccc3c2n1CC(C)C.CCCNc1nc2c(N(Cc3ccccc3)Cc3ccccc3)nc3ccccc3c2n1CC(C)C.CCCSc1nc2c(N)nc3ccccc3c2n1CC(C)C. The van der Waals surface area contributed by atoms with E-state index in [1.807, 2.05) is 97.7 Å². The molecular formula is C104H138N22O2S. The molecule has 17 rings (SSSR count). The van der Waals surface area contributed by atoms with Crippen LogP contribution in [-0.2, 0) is 55.2 Å². The maximum Gasteiger partial charge on any atom is 0.231 e. The Balaban J connectivity index is 0.000000170. The van der Waals surface area contributed by atoms with Crippen LogP contribution in [0.5, 0.6) is 0 Å². The standard InChI is InChI=1S/C31H35N5.C20H27N5O.C18H25N5.C17H22N4S.C15H17N3O.3CH4/c1-4-19-32-31-34-28-29(36(31)20-23(2)3)26-17-11-12-18-27(26)33-30(28)35(21-24-13-7-5-8-14-24)22-25-15-9-6-10-16-25;1-13(2)12-25-18-15-8-6-7-9-16(15)22-19(21)17(18)23-20(25)24(5)10-11-26-14(3)4;1-5-10-22(4)18-21-15-16(23(18)11-12(2)3)13-8-6-7-9-14(13)20-17(15)19;1-4-9-22-17-20-14-15(21(17)10-11(2)3)12-7-5-6-8-13(12)19-16(14)18;1-9(2)8-18-13(19)7-11-14(18)10-5-3-4-6-12(10)17-15(11)16;;;/h5-18,23H,4,19-22H2,1-3H3,(H,32,34);6-9,13H,3,10-12H2,1-2,4-5H3,(H2,21,22);6-9,12H,5,10-11H2,1-4H3,(H2,19,20);5-8,11H,4,9-10H2,1-3H3,(H2,18,19);3-6,9H,7-8H2,1-2H3,(H2,16,17);3*1H4. The average molecular weight is 1760 g/mol. The van der Waals surface area contributed by atoms with Crippen LogP contribution >= 0.6 is 11.8 Å². The van der Waals surface area contributed by atoms with E-state index in [2.05, 4.69) is 265 Å². The minimum Gasteiger partial charge on any atom is -0.497 e. The van der Waals surface area contributed by atoms with Crippen LogP contribution in [0.15, 0.2) is 199 Å². The number of hydrogen-bond acceptors (Lipinski definition) is 20. The highest BCUT2D eigenvalue weighted by Gasteiger charge is 2.33. The maximum absolute atomic E-state index is 12.2. The number of allylic oxidation sites excluding steroid dienone is 1. The molecule has 9 aromatic heterocycles. The molecule has 0 unspecified atom stereocenters. The highest BCUT2D eigenvalue weighted by molar-refractivity contribution is 7.99. The first kappa shape index (κ1) is 98.4. The third-order valence-corrected chi connectivity index (χ3v) is 22.9. The number of likely N-dealkylation sites (N-methyl/N-ethyl adjacent to an activating group) is 1. The van der Waals surface area contributed by atoms with Crippen molar-refractivity contribution >= 4 is 169 Å². The molecule has 10 heterocycles. The molecule has 0 bridgehead atoms. The average Bonchev–Trinajstić information content (AvgIpc) is 1.60. The van der Waals surface area contributed by atoms with Gasteiger partial charge in [-0.15, -0.1) is 0 Å². The van der Waals surface area contributed by atoms with E-state index in [0.29, 0.717) is 78.2 Å². The number of carbonyl (C=O) groups excluding carboxylic acids is 1. The molecule has 7 aromatic carbocycles. The Bertz CT molecular complexity index is 6410. The molecule has 1 aliphatic heterocycles. The zero-order valence-electron chi connectivity index (χ0n) is 76.4. The van der Waals surface area contributed by atoms with E-state index in [0.717, 1.165) is 223 Å². The first-order valence-corrected chi connectivity index (χ1v) is 45.5. The molecule has 682 valence electrons. The molecule has 0 atom stereocenters. The van der Waals surface area contributed by atoms with E-state index in [1.54, 1.807) is 11.8 Å². The Kier molecular flexibility index (Phi) is 34.2. The molecule has 0 saturated carbocycles. The van der Waals surface area contributed by atoms with Gasteiger partial charge < -0.3 is 70.9 Å². The van der Waals surface area contributed by atoms with Gasteiger partial charge in [-0.05, 0) is 97.2 Å². The Morgan fingerprint density at radius 2 is 0.822 bits per heavy atom. The Hall–Kier alpha value is -12.8. The first-order chi connectivity index (χ1) is 60.7. The van der Waals surface area contributed by atoms with E-state index in [1.165, 1.54) is 11.1 Å². The van der Waals surface area contributed by atoms with E-state index in [-0.39, 0.29) is 28.2 Å². The monoisotopic (exact) mass is 1760 g/mol. The number of aromatic nitrogens is 13. The summed E-state index contributed by atoms with van der Waals surface area (Å²) in [7, 11) is 4.11. The predicted molar refractivity (Wildman–Crippen MR) is 550 cm³/mol. The van der Waals surface area contributed by atoms with Crippen molar-refractivity contribution in [3.05, 3.63) is 211 Å². The molecule has 25 heteroatoms. The summed E-state index contributed by atoms with van der Waals surface area (Å²) in [4.78, 5) is 63.6. The van der Waals surface area contributed by atoms with Crippen LogP contribution in [0, 0.1) is 29.6 Å². The third-order valence-electron chi connectivity index (χ3n) is 21.7. The zero-order chi connectivity index (χ0) is 89.6. The van der Waals surface area contributed by atoms with Gasteiger partial charge in [0.2, 0.25) is 23.8 Å². The Morgan fingerprint density at radius 1 is 0.442 bits per heavy atom. The van der Waals surface area contributed by atoms with Crippen molar-refractivity contribution in [2.75, 3.05) is 100 Å². The number of pyridine rings is 5. The Labute approximate surface area is 767 Å². The van der Waals surface area contributed by atoms with Crippen LogP contribution in [0.3, 0.4) is 0 Å². The van der Waals surface area contributed by atoms with Gasteiger partial charge in [0, 0.05) is 111 Å².